The number of halogens is 1. The Hall–Kier alpha value is -0.350. The summed E-state index contributed by atoms with van der Waals surface area (Å²) in [5, 5.41) is 5.54. The first-order chi connectivity index (χ1) is 8.20. The topological polar surface area (TPSA) is 21.1 Å². The van der Waals surface area contributed by atoms with Crippen LogP contribution in [0, 0.1) is 6.92 Å². The molecule has 1 aromatic heterocycles. The van der Waals surface area contributed by atoms with Gasteiger partial charge in [0.25, 0.3) is 0 Å². The van der Waals surface area contributed by atoms with Crippen LogP contribution in [0.4, 0.5) is 0 Å². The number of aromatic nitrogens is 2. The smallest absolute Gasteiger partial charge is 0.0597 e. The highest BCUT2D eigenvalue weighted by atomic mass is 79.9. The van der Waals surface area contributed by atoms with Crippen LogP contribution in [-0.2, 0) is 13.6 Å². The number of alkyl halides is 1. The van der Waals surface area contributed by atoms with E-state index < -0.39 is 0 Å². The first-order valence-electron chi connectivity index (χ1n) is 6.50. The molecule has 17 heavy (non-hydrogen) atoms. The van der Waals surface area contributed by atoms with E-state index in [1.807, 2.05) is 11.7 Å². The Labute approximate surface area is 112 Å². The molecule has 1 atom stereocenters. The van der Waals surface area contributed by atoms with Gasteiger partial charge in [0, 0.05) is 25.0 Å². The summed E-state index contributed by atoms with van der Waals surface area (Å²) in [5.41, 5.74) is 2.46. The van der Waals surface area contributed by atoms with Gasteiger partial charge in [-0.15, -0.1) is 0 Å². The van der Waals surface area contributed by atoms with Crippen LogP contribution < -0.4 is 0 Å². The Morgan fingerprint density at radius 1 is 1.47 bits per heavy atom. The fraction of sp³-hybridized carbons (Fsp3) is 0.769. The van der Waals surface area contributed by atoms with Crippen LogP contribution in [0.1, 0.15) is 37.1 Å². The highest BCUT2D eigenvalue weighted by Crippen LogP contribution is 2.22. The van der Waals surface area contributed by atoms with Gasteiger partial charge in [-0.25, -0.2) is 0 Å². The van der Waals surface area contributed by atoms with Crippen molar-refractivity contribution < 1.29 is 0 Å². The Kier molecular flexibility index (Phi) is 4.62. The number of piperidine rings is 1. The van der Waals surface area contributed by atoms with Crippen molar-refractivity contribution in [3.05, 3.63) is 17.5 Å². The summed E-state index contributed by atoms with van der Waals surface area (Å²) in [4.78, 5) is 2.63. The summed E-state index contributed by atoms with van der Waals surface area (Å²) in [7, 11) is 2.05. The lowest BCUT2D eigenvalue weighted by Gasteiger charge is -2.35. The van der Waals surface area contributed by atoms with Crippen molar-refractivity contribution in [2.24, 2.45) is 7.05 Å². The first kappa shape index (κ1) is 13.1. The van der Waals surface area contributed by atoms with Crippen LogP contribution in [0.3, 0.4) is 0 Å². The van der Waals surface area contributed by atoms with E-state index in [9.17, 15) is 0 Å². The summed E-state index contributed by atoms with van der Waals surface area (Å²) >= 11 is 3.57. The first-order valence-corrected chi connectivity index (χ1v) is 7.62. The molecular weight excluding hydrogens is 278 g/mol. The van der Waals surface area contributed by atoms with Gasteiger partial charge >= 0.3 is 0 Å². The van der Waals surface area contributed by atoms with Crippen molar-refractivity contribution in [2.75, 3.05) is 11.9 Å². The number of rotatable bonds is 4. The van der Waals surface area contributed by atoms with Gasteiger partial charge in [-0.2, -0.15) is 5.10 Å². The van der Waals surface area contributed by atoms with Gasteiger partial charge in [0.2, 0.25) is 0 Å². The summed E-state index contributed by atoms with van der Waals surface area (Å²) in [6.07, 6.45) is 5.34. The van der Waals surface area contributed by atoms with Gasteiger partial charge < -0.3 is 0 Å². The molecule has 0 aliphatic carbocycles. The molecule has 0 saturated carbocycles. The number of hydrogen-bond donors (Lipinski definition) is 0. The molecule has 1 aromatic rings. The zero-order valence-corrected chi connectivity index (χ0v) is 12.4. The molecule has 3 nitrogen and oxygen atoms in total. The molecule has 0 amide bonds. The van der Waals surface area contributed by atoms with Crippen molar-refractivity contribution in [3.63, 3.8) is 0 Å². The second kappa shape index (κ2) is 6.01. The summed E-state index contributed by atoms with van der Waals surface area (Å²) in [6, 6.07) is 2.96. The molecule has 0 N–H and O–H groups in total. The third kappa shape index (κ3) is 3.32. The van der Waals surface area contributed by atoms with Gasteiger partial charge in [-0.1, -0.05) is 22.4 Å². The third-order valence-corrected chi connectivity index (χ3v) is 4.11. The minimum atomic E-state index is 0.748. The number of likely N-dealkylation sites (tertiary alicyclic amines) is 1. The predicted molar refractivity (Wildman–Crippen MR) is 74.4 cm³/mol. The van der Waals surface area contributed by atoms with Crippen LogP contribution in [0.2, 0.25) is 0 Å². The normalized spacial score (nSPS) is 21.9. The van der Waals surface area contributed by atoms with Crippen molar-refractivity contribution in [2.45, 2.75) is 45.2 Å². The largest absolute Gasteiger partial charge is 0.295 e. The lowest BCUT2D eigenvalue weighted by atomic mass is 10.00. The van der Waals surface area contributed by atoms with Crippen LogP contribution in [0.15, 0.2) is 6.07 Å². The fourth-order valence-corrected chi connectivity index (χ4v) is 3.27. The van der Waals surface area contributed by atoms with Crippen molar-refractivity contribution in [3.8, 4) is 0 Å². The molecule has 1 saturated heterocycles. The molecule has 0 radical (unpaired) electrons. The predicted octanol–water partition coefficient (Wildman–Crippen LogP) is 2.87. The van der Waals surface area contributed by atoms with E-state index in [-0.39, 0.29) is 0 Å². The van der Waals surface area contributed by atoms with Crippen LogP contribution in [0.25, 0.3) is 0 Å². The maximum absolute atomic E-state index is 4.43. The summed E-state index contributed by atoms with van der Waals surface area (Å²) in [5.74, 6) is 0. The molecule has 1 aliphatic rings. The minimum absolute atomic E-state index is 0.748. The average Bonchev–Trinajstić information content (AvgIpc) is 2.61. The minimum Gasteiger partial charge on any atom is -0.295 e. The molecule has 2 heterocycles. The van der Waals surface area contributed by atoms with Gasteiger partial charge in [0.05, 0.1) is 11.4 Å². The van der Waals surface area contributed by atoms with Gasteiger partial charge in [0.15, 0.2) is 0 Å². The van der Waals surface area contributed by atoms with E-state index in [1.54, 1.807) is 0 Å². The van der Waals surface area contributed by atoms with E-state index in [0.717, 1.165) is 23.6 Å². The summed E-state index contributed by atoms with van der Waals surface area (Å²) in [6.45, 7) is 4.35. The molecule has 0 spiro atoms. The quantitative estimate of drug-likeness (QED) is 0.797. The number of nitrogens with zero attached hydrogens (tertiary/aromatic N) is 3. The zero-order valence-electron chi connectivity index (χ0n) is 10.8. The maximum Gasteiger partial charge on any atom is 0.0597 e. The Morgan fingerprint density at radius 3 is 2.94 bits per heavy atom. The zero-order chi connectivity index (χ0) is 12.3. The van der Waals surface area contributed by atoms with Crippen LogP contribution in [-0.4, -0.2) is 32.6 Å². The van der Waals surface area contributed by atoms with E-state index in [2.05, 4.69) is 38.9 Å². The van der Waals surface area contributed by atoms with Crippen LogP contribution in [0.5, 0.6) is 0 Å². The van der Waals surface area contributed by atoms with Crippen molar-refractivity contribution >= 4 is 15.9 Å². The molecule has 2 rings (SSSR count). The average molecular weight is 300 g/mol. The second-order valence-electron chi connectivity index (χ2n) is 5.00. The second-order valence-corrected chi connectivity index (χ2v) is 5.79. The molecule has 0 aromatic carbocycles. The van der Waals surface area contributed by atoms with Crippen molar-refractivity contribution in [1.82, 2.24) is 14.7 Å². The monoisotopic (exact) mass is 299 g/mol. The number of hydrogen-bond acceptors (Lipinski definition) is 2. The lowest BCUT2D eigenvalue weighted by Crippen LogP contribution is -2.39. The molecule has 1 fully saturated rings. The standard InChI is InChI=1S/C13H22BrN3/c1-11-9-13(16(2)15-11)10-17-8-4-3-5-12(17)6-7-14/h9,12H,3-8,10H2,1-2H3. The molecule has 1 unspecified atom stereocenters. The highest BCUT2D eigenvalue weighted by Gasteiger charge is 2.22. The molecule has 1 aliphatic heterocycles. The maximum atomic E-state index is 4.43. The van der Waals surface area contributed by atoms with Gasteiger partial charge in [-0.05, 0) is 38.8 Å². The summed E-state index contributed by atoms with van der Waals surface area (Å²) < 4.78 is 2.02. The third-order valence-electron chi connectivity index (χ3n) is 3.66. The SMILES string of the molecule is Cc1cc(CN2CCCCC2CCBr)n(C)n1. The Morgan fingerprint density at radius 2 is 2.29 bits per heavy atom. The molecule has 96 valence electrons. The Bertz CT molecular complexity index is 360. The van der Waals surface area contributed by atoms with E-state index in [0.29, 0.717) is 0 Å². The van der Waals surface area contributed by atoms with E-state index in [4.69, 9.17) is 0 Å². The molecular formula is C13H22BrN3. The van der Waals surface area contributed by atoms with Crippen LogP contribution >= 0.6 is 15.9 Å². The van der Waals surface area contributed by atoms with Gasteiger partial charge in [0.1, 0.15) is 0 Å². The van der Waals surface area contributed by atoms with E-state index >= 15 is 0 Å². The number of aryl methyl sites for hydroxylation is 2. The fourth-order valence-electron chi connectivity index (χ4n) is 2.74. The highest BCUT2D eigenvalue weighted by molar-refractivity contribution is 9.09. The van der Waals surface area contributed by atoms with Gasteiger partial charge in [-0.3, -0.25) is 9.58 Å². The van der Waals surface area contributed by atoms with Crippen molar-refractivity contribution in [1.29, 1.82) is 0 Å². The Balaban J connectivity index is 2.02. The molecule has 4 heteroatoms. The van der Waals surface area contributed by atoms with E-state index in [1.165, 1.54) is 37.9 Å². The lowest BCUT2D eigenvalue weighted by molar-refractivity contribution is 0.134. The molecule has 0 bridgehead atoms.